The smallest absolute Gasteiger partial charge is 0.281 e. The highest BCUT2D eigenvalue weighted by molar-refractivity contribution is 7.99. The summed E-state index contributed by atoms with van der Waals surface area (Å²) in [5, 5.41) is 11.6. The molecule has 2 aromatic rings. The molecule has 96 valence electrons. The molecule has 0 aliphatic heterocycles. The van der Waals surface area contributed by atoms with Crippen molar-refractivity contribution in [3.63, 3.8) is 0 Å². The lowest BCUT2D eigenvalue weighted by molar-refractivity contribution is 0.429. The number of aromatic nitrogens is 3. The standard InChI is InChI=1S/C12H16N4OS/c1-4-13-8(2)11-6-5-10(7-14-11)18-12-16-15-9(3)17-12/h5-8,13H,4H2,1-3H3. The van der Waals surface area contributed by atoms with Gasteiger partial charge in [-0.2, -0.15) is 0 Å². The third kappa shape index (κ3) is 3.30. The molecule has 2 rings (SSSR count). The number of hydrogen-bond acceptors (Lipinski definition) is 6. The predicted octanol–water partition coefficient (Wildman–Crippen LogP) is 2.59. The topological polar surface area (TPSA) is 63.8 Å². The summed E-state index contributed by atoms with van der Waals surface area (Å²) in [6, 6.07) is 4.29. The van der Waals surface area contributed by atoms with Gasteiger partial charge in [0.05, 0.1) is 5.69 Å². The lowest BCUT2D eigenvalue weighted by atomic mass is 10.2. The normalized spacial score (nSPS) is 12.6. The predicted molar refractivity (Wildman–Crippen MR) is 69.5 cm³/mol. The van der Waals surface area contributed by atoms with E-state index in [1.807, 2.05) is 18.3 Å². The first kappa shape index (κ1) is 13.0. The fraction of sp³-hybridized carbons (Fsp3) is 0.417. The van der Waals surface area contributed by atoms with Crippen LogP contribution in [0.5, 0.6) is 0 Å². The maximum atomic E-state index is 5.30. The van der Waals surface area contributed by atoms with Gasteiger partial charge in [0.1, 0.15) is 0 Å². The van der Waals surface area contributed by atoms with Crippen LogP contribution in [0.15, 0.2) is 32.9 Å². The van der Waals surface area contributed by atoms with E-state index in [1.54, 1.807) is 6.92 Å². The molecule has 1 atom stereocenters. The molecule has 1 unspecified atom stereocenters. The molecule has 2 aromatic heterocycles. The average molecular weight is 264 g/mol. The third-order valence-electron chi connectivity index (χ3n) is 2.43. The largest absolute Gasteiger partial charge is 0.416 e. The van der Waals surface area contributed by atoms with Gasteiger partial charge in [-0.1, -0.05) is 6.92 Å². The molecule has 5 nitrogen and oxygen atoms in total. The van der Waals surface area contributed by atoms with Crippen molar-refractivity contribution in [1.29, 1.82) is 0 Å². The molecule has 1 N–H and O–H groups in total. The third-order valence-corrected chi connectivity index (χ3v) is 3.24. The Morgan fingerprint density at radius 1 is 1.39 bits per heavy atom. The van der Waals surface area contributed by atoms with Gasteiger partial charge >= 0.3 is 0 Å². The van der Waals surface area contributed by atoms with E-state index >= 15 is 0 Å². The summed E-state index contributed by atoms with van der Waals surface area (Å²) in [6.45, 7) is 6.88. The number of nitrogens with one attached hydrogen (secondary N) is 1. The number of hydrogen-bond donors (Lipinski definition) is 1. The summed E-state index contributed by atoms with van der Waals surface area (Å²) in [5.74, 6) is 0.572. The second kappa shape index (κ2) is 5.97. The number of nitrogens with zero attached hydrogens (tertiary/aromatic N) is 3. The number of rotatable bonds is 5. The minimum Gasteiger partial charge on any atom is -0.416 e. The van der Waals surface area contributed by atoms with Gasteiger partial charge in [0.15, 0.2) is 0 Å². The average Bonchev–Trinajstić information content (AvgIpc) is 2.76. The Morgan fingerprint density at radius 3 is 2.78 bits per heavy atom. The molecule has 0 bridgehead atoms. The summed E-state index contributed by atoms with van der Waals surface area (Å²) in [6.07, 6.45) is 1.83. The molecule has 0 aliphatic carbocycles. The van der Waals surface area contributed by atoms with Gasteiger partial charge in [-0.15, -0.1) is 10.2 Å². The van der Waals surface area contributed by atoms with Gasteiger partial charge in [0, 0.05) is 24.1 Å². The minimum absolute atomic E-state index is 0.264. The maximum Gasteiger partial charge on any atom is 0.281 e. The summed E-state index contributed by atoms with van der Waals surface area (Å²) in [4.78, 5) is 5.42. The van der Waals surface area contributed by atoms with E-state index in [0.717, 1.165) is 17.1 Å². The SMILES string of the molecule is CCNC(C)c1ccc(Sc2nnc(C)o2)cn1. The highest BCUT2D eigenvalue weighted by atomic mass is 32.2. The van der Waals surface area contributed by atoms with E-state index in [4.69, 9.17) is 4.42 Å². The van der Waals surface area contributed by atoms with Crippen LogP contribution in [-0.4, -0.2) is 21.7 Å². The van der Waals surface area contributed by atoms with Crippen LogP contribution < -0.4 is 5.32 Å². The van der Waals surface area contributed by atoms with Crippen molar-refractivity contribution in [2.24, 2.45) is 0 Å². The second-order valence-electron chi connectivity index (χ2n) is 3.89. The van der Waals surface area contributed by atoms with Crippen LogP contribution in [0.3, 0.4) is 0 Å². The Kier molecular flexibility index (Phi) is 4.33. The van der Waals surface area contributed by atoms with Gasteiger partial charge in [-0.3, -0.25) is 4.98 Å². The molecule has 0 aromatic carbocycles. The monoisotopic (exact) mass is 264 g/mol. The van der Waals surface area contributed by atoms with E-state index in [1.165, 1.54) is 11.8 Å². The fourth-order valence-electron chi connectivity index (χ4n) is 1.54. The van der Waals surface area contributed by atoms with Crippen LogP contribution in [0, 0.1) is 6.92 Å². The van der Waals surface area contributed by atoms with E-state index in [2.05, 4.69) is 34.3 Å². The fourth-order valence-corrected chi connectivity index (χ4v) is 2.23. The molecule has 2 heterocycles. The van der Waals surface area contributed by atoms with Gasteiger partial charge in [-0.05, 0) is 37.4 Å². The lowest BCUT2D eigenvalue weighted by Crippen LogP contribution is -2.18. The summed E-state index contributed by atoms with van der Waals surface area (Å²) < 4.78 is 5.30. The summed E-state index contributed by atoms with van der Waals surface area (Å²) in [5.41, 5.74) is 1.03. The zero-order chi connectivity index (χ0) is 13.0. The molecule has 0 aliphatic rings. The van der Waals surface area contributed by atoms with E-state index in [0.29, 0.717) is 11.1 Å². The Hall–Kier alpha value is -1.40. The van der Waals surface area contributed by atoms with E-state index in [9.17, 15) is 0 Å². The van der Waals surface area contributed by atoms with Gasteiger partial charge < -0.3 is 9.73 Å². The van der Waals surface area contributed by atoms with E-state index < -0.39 is 0 Å². The number of pyridine rings is 1. The van der Waals surface area contributed by atoms with Gasteiger partial charge in [0.2, 0.25) is 5.89 Å². The Labute approximate surface area is 110 Å². The highest BCUT2D eigenvalue weighted by Crippen LogP contribution is 2.26. The maximum absolute atomic E-state index is 5.30. The van der Waals surface area contributed by atoms with Crippen molar-refractivity contribution >= 4 is 11.8 Å². The molecule has 0 fully saturated rings. The zero-order valence-corrected chi connectivity index (χ0v) is 11.5. The lowest BCUT2D eigenvalue weighted by Gasteiger charge is -2.11. The van der Waals surface area contributed by atoms with Crippen molar-refractivity contribution in [2.45, 2.75) is 36.9 Å². The molecule has 0 spiro atoms. The van der Waals surface area contributed by atoms with Crippen molar-refractivity contribution < 1.29 is 4.42 Å². The first-order chi connectivity index (χ1) is 8.69. The van der Waals surface area contributed by atoms with Crippen LogP contribution in [0.1, 0.15) is 31.5 Å². The van der Waals surface area contributed by atoms with Crippen molar-refractivity contribution in [1.82, 2.24) is 20.5 Å². The molecule has 0 radical (unpaired) electrons. The van der Waals surface area contributed by atoms with Crippen LogP contribution in [0.2, 0.25) is 0 Å². The Morgan fingerprint density at radius 2 is 2.22 bits per heavy atom. The highest BCUT2D eigenvalue weighted by Gasteiger charge is 2.08. The summed E-state index contributed by atoms with van der Waals surface area (Å²) >= 11 is 1.42. The van der Waals surface area contributed by atoms with E-state index in [-0.39, 0.29) is 6.04 Å². The Balaban J connectivity index is 2.03. The quantitative estimate of drug-likeness (QED) is 0.895. The van der Waals surface area contributed by atoms with Crippen LogP contribution in [0.25, 0.3) is 0 Å². The molecule has 18 heavy (non-hydrogen) atoms. The van der Waals surface area contributed by atoms with Gasteiger partial charge in [-0.25, -0.2) is 0 Å². The van der Waals surface area contributed by atoms with Crippen molar-refractivity contribution in [2.75, 3.05) is 6.54 Å². The summed E-state index contributed by atoms with van der Waals surface area (Å²) in [7, 11) is 0. The second-order valence-corrected chi connectivity index (χ2v) is 4.91. The van der Waals surface area contributed by atoms with Crippen LogP contribution >= 0.6 is 11.8 Å². The Bertz CT molecular complexity index is 497. The van der Waals surface area contributed by atoms with Crippen molar-refractivity contribution in [3.05, 3.63) is 29.9 Å². The molecule has 0 saturated carbocycles. The first-order valence-corrected chi connectivity index (χ1v) is 6.68. The van der Waals surface area contributed by atoms with Crippen LogP contribution in [0.4, 0.5) is 0 Å². The number of aryl methyl sites for hydroxylation is 1. The first-order valence-electron chi connectivity index (χ1n) is 5.86. The van der Waals surface area contributed by atoms with Crippen LogP contribution in [-0.2, 0) is 0 Å². The molecule has 0 saturated heterocycles. The molecule has 6 heteroatoms. The van der Waals surface area contributed by atoms with Gasteiger partial charge in [0.25, 0.3) is 5.22 Å². The zero-order valence-electron chi connectivity index (χ0n) is 10.7. The molecular weight excluding hydrogens is 248 g/mol. The molecule has 0 amide bonds. The minimum atomic E-state index is 0.264. The van der Waals surface area contributed by atoms with Crippen molar-refractivity contribution in [3.8, 4) is 0 Å². The molecular formula is C12H16N4OS.